The lowest BCUT2D eigenvalue weighted by Crippen LogP contribution is -2.53. The van der Waals surface area contributed by atoms with Crippen molar-refractivity contribution in [2.75, 3.05) is 6.61 Å². The van der Waals surface area contributed by atoms with Gasteiger partial charge < -0.3 is 19.1 Å². The highest BCUT2D eigenvalue weighted by Crippen LogP contribution is 2.37. The molecule has 0 aliphatic carbocycles. The van der Waals surface area contributed by atoms with E-state index in [1.807, 2.05) is 41.1 Å². The van der Waals surface area contributed by atoms with Gasteiger partial charge in [0.1, 0.15) is 18.6 Å². The number of pyridine rings is 2. The number of fused-ring (bicyclic) bond motifs is 5. The Morgan fingerprint density at radius 3 is 2.94 bits per heavy atom. The number of nitrogens with zero attached hydrogens (tertiary/aromatic N) is 4. The molecule has 4 aromatic rings. The third kappa shape index (κ3) is 3.54. The Bertz CT molecular complexity index is 1570. The average Bonchev–Trinajstić information content (AvgIpc) is 3.26. The largest absolute Gasteiger partial charge is 0.838 e. The number of carbonyl (C=O) groups is 1. The molecular formula is C27H24N4O5. The van der Waals surface area contributed by atoms with Crippen LogP contribution in [0, 0.1) is 0 Å². The Morgan fingerprint density at radius 2 is 2.14 bits per heavy atom. The second kappa shape index (κ2) is 8.53. The molecule has 9 heteroatoms. The topological polar surface area (TPSA) is 110 Å². The summed E-state index contributed by atoms with van der Waals surface area (Å²) in [5, 5.41) is 14.2. The highest BCUT2D eigenvalue weighted by molar-refractivity contribution is 5.86. The van der Waals surface area contributed by atoms with Crippen molar-refractivity contribution < 1.29 is 23.9 Å². The third-order valence-corrected chi connectivity index (χ3v) is 6.94. The highest BCUT2D eigenvalue weighted by atomic mass is 16.6. The van der Waals surface area contributed by atoms with Crippen LogP contribution in [0.3, 0.4) is 0 Å². The minimum Gasteiger partial charge on any atom is -0.838 e. The van der Waals surface area contributed by atoms with Crippen molar-refractivity contribution in [3.05, 3.63) is 82.2 Å². The molecule has 0 radical (unpaired) electrons. The van der Waals surface area contributed by atoms with Gasteiger partial charge in [-0.05, 0) is 35.9 Å². The second-order valence-electron chi connectivity index (χ2n) is 9.12. The maximum Gasteiger partial charge on any atom is 0.300 e. The molecule has 0 unspecified atom stereocenters. The summed E-state index contributed by atoms with van der Waals surface area (Å²) in [7, 11) is 0. The molecule has 1 aromatic carbocycles. The molecule has 1 atom stereocenters. The lowest BCUT2D eigenvalue weighted by Gasteiger charge is -2.41. The van der Waals surface area contributed by atoms with Gasteiger partial charge in [-0.15, -0.1) is 0 Å². The third-order valence-electron chi connectivity index (χ3n) is 6.94. The first kappa shape index (κ1) is 22.4. The predicted molar refractivity (Wildman–Crippen MR) is 127 cm³/mol. The van der Waals surface area contributed by atoms with Crippen LogP contribution in [-0.2, 0) is 34.8 Å². The van der Waals surface area contributed by atoms with E-state index >= 15 is 0 Å². The molecule has 9 nitrogen and oxygen atoms in total. The first-order valence-electron chi connectivity index (χ1n) is 12.0. The van der Waals surface area contributed by atoms with Gasteiger partial charge in [-0.25, -0.2) is 9.55 Å². The summed E-state index contributed by atoms with van der Waals surface area (Å²) in [6.45, 7) is 3.17. The average molecular weight is 485 g/mol. The van der Waals surface area contributed by atoms with Crippen molar-refractivity contribution in [1.29, 1.82) is 0 Å². The Labute approximate surface area is 206 Å². The van der Waals surface area contributed by atoms with Gasteiger partial charge in [0, 0.05) is 29.0 Å². The van der Waals surface area contributed by atoms with Crippen LogP contribution in [-0.4, -0.2) is 27.1 Å². The quantitative estimate of drug-likeness (QED) is 0.205. The van der Waals surface area contributed by atoms with E-state index in [1.54, 1.807) is 30.1 Å². The number of hydrogen-bond acceptors (Lipinski definition) is 7. The van der Waals surface area contributed by atoms with E-state index in [0.717, 1.165) is 35.2 Å². The molecule has 2 aliphatic rings. The van der Waals surface area contributed by atoms with Gasteiger partial charge in [0.2, 0.25) is 0 Å². The molecule has 6 rings (SSSR count). The monoisotopic (exact) mass is 484 g/mol. The number of esters is 1. The molecule has 182 valence electrons. The van der Waals surface area contributed by atoms with Gasteiger partial charge >= 0.3 is 0 Å². The van der Waals surface area contributed by atoms with Crippen molar-refractivity contribution in [2.24, 2.45) is 0 Å². The van der Waals surface area contributed by atoms with Crippen LogP contribution >= 0.6 is 0 Å². The molecule has 0 N–H and O–H groups in total. The minimum atomic E-state index is -2.08. The van der Waals surface area contributed by atoms with Gasteiger partial charge in [0.15, 0.2) is 0 Å². The van der Waals surface area contributed by atoms with E-state index in [1.165, 1.54) is 0 Å². The fourth-order valence-electron chi connectivity index (χ4n) is 4.97. The normalized spacial score (nSPS) is 17.9. The zero-order chi connectivity index (χ0) is 24.9. The first-order valence-corrected chi connectivity index (χ1v) is 12.0. The molecule has 5 heterocycles. The minimum absolute atomic E-state index is 0.00341. The predicted octanol–water partition coefficient (Wildman–Crippen LogP) is 1.60. The Morgan fingerprint density at radius 1 is 1.25 bits per heavy atom. The molecule has 36 heavy (non-hydrogen) atoms. The number of cyclic esters (lactones) is 1. The standard InChI is InChI=1S/C27H24N4O5/c1-2-27(34)21-13-23-24-18(14-31(23)25(32)20(21)15-36-26(27)33)11-17-12-19(5-6-22(17)29-24)35-10-4-9-30-8-3-7-28-16-30/h3,5-8,11-13,16H,2,4,9-10,14-15H2,1H3/t27-/m0/s1. The highest BCUT2D eigenvalue weighted by Gasteiger charge is 2.38. The fraction of sp³-hybridized carbons (Fsp3) is 0.296. The van der Waals surface area contributed by atoms with Crippen molar-refractivity contribution in [2.45, 2.75) is 45.1 Å². The molecule has 3 aromatic heterocycles. The molecule has 2 aliphatic heterocycles. The summed E-state index contributed by atoms with van der Waals surface area (Å²) in [6.07, 6.45) is 6.34. The molecule has 0 bridgehead atoms. The van der Waals surface area contributed by atoms with Crippen LogP contribution in [0.4, 0.5) is 0 Å². The number of carbonyl (C=O) groups excluding carboxylic acids is 1. The smallest absolute Gasteiger partial charge is 0.300 e. The number of rotatable bonds is 6. The van der Waals surface area contributed by atoms with Gasteiger partial charge in [0.05, 0.1) is 48.4 Å². The Kier molecular flexibility index (Phi) is 5.30. The molecule has 0 amide bonds. The number of benzene rings is 1. The molecule has 0 saturated carbocycles. The van der Waals surface area contributed by atoms with Crippen LogP contribution in [0.1, 0.15) is 36.5 Å². The number of aryl methyl sites for hydroxylation is 1. The van der Waals surface area contributed by atoms with Gasteiger partial charge in [-0.2, -0.15) is 0 Å². The summed E-state index contributed by atoms with van der Waals surface area (Å²) < 4.78 is 14.6. The van der Waals surface area contributed by atoms with Crippen molar-refractivity contribution in [3.63, 3.8) is 0 Å². The van der Waals surface area contributed by atoms with Crippen LogP contribution in [0.2, 0.25) is 0 Å². The molecule has 0 fully saturated rings. The lowest BCUT2D eigenvalue weighted by atomic mass is 9.86. The number of hydrogen-bond donors (Lipinski definition) is 0. The molecular weight excluding hydrogens is 460 g/mol. The van der Waals surface area contributed by atoms with Crippen molar-refractivity contribution in [1.82, 2.24) is 14.5 Å². The van der Waals surface area contributed by atoms with Crippen molar-refractivity contribution >= 4 is 16.9 Å². The van der Waals surface area contributed by atoms with E-state index in [-0.39, 0.29) is 29.7 Å². The van der Waals surface area contributed by atoms with Crippen LogP contribution in [0.15, 0.2) is 59.9 Å². The van der Waals surface area contributed by atoms with E-state index in [9.17, 15) is 14.7 Å². The zero-order valence-electron chi connectivity index (χ0n) is 19.8. The summed E-state index contributed by atoms with van der Waals surface area (Å²) in [6, 6.07) is 11.3. The SMILES string of the molecule is CC[C@@]1([O-])C(=O)OCc2c1cc1n(c2=O)Cc2cc3cc(OCCC[n+]4cccnc4)ccc3nc2-1. The summed E-state index contributed by atoms with van der Waals surface area (Å²) >= 11 is 0. The van der Waals surface area contributed by atoms with Crippen LogP contribution in [0.5, 0.6) is 5.75 Å². The van der Waals surface area contributed by atoms with E-state index in [0.29, 0.717) is 24.5 Å². The molecule has 0 spiro atoms. The number of aromatic nitrogens is 4. The maximum absolute atomic E-state index is 13.3. The van der Waals surface area contributed by atoms with Gasteiger partial charge in [-0.1, -0.05) is 18.3 Å². The Balaban J connectivity index is 1.29. The lowest BCUT2D eigenvalue weighted by molar-refractivity contribution is -0.700. The molecule has 0 saturated heterocycles. The van der Waals surface area contributed by atoms with Gasteiger partial charge in [0.25, 0.3) is 17.9 Å². The van der Waals surface area contributed by atoms with Crippen LogP contribution in [0.25, 0.3) is 22.3 Å². The Hall–Kier alpha value is -4.11. The zero-order valence-corrected chi connectivity index (χ0v) is 19.8. The van der Waals surface area contributed by atoms with E-state index < -0.39 is 11.6 Å². The first-order chi connectivity index (χ1) is 17.5. The second-order valence-corrected chi connectivity index (χ2v) is 9.12. The number of ether oxygens (including phenoxy) is 2. The fourth-order valence-corrected chi connectivity index (χ4v) is 4.97. The van der Waals surface area contributed by atoms with Crippen LogP contribution < -0.4 is 20.0 Å². The maximum atomic E-state index is 13.3. The summed E-state index contributed by atoms with van der Waals surface area (Å²) in [5.74, 6) is -0.0866. The van der Waals surface area contributed by atoms with E-state index in [2.05, 4.69) is 4.98 Å². The van der Waals surface area contributed by atoms with Crippen molar-refractivity contribution in [3.8, 4) is 17.1 Å². The van der Waals surface area contributed by atoms with Gasteiger partial charge in [-0.3, -0.25) is 9.59 Å². The summed E-state index contributed by atoms with van der Waals surface area (Å²) in [4.78, 5) is 34.4. The summed E-state index contributed by atoms with van der Waals surface area (Å²) in [5.41, 5.74) is 0.939. The van der Waals surface area contributed by atoms with E-state index in [4.69, 9.17) is 14.5 Å².